The molecule has 1 aromatic heterocycles. The fourth-order valence-corrected chi connectivity index (χ4v) is 4.66. The summed E-state index contributed by atoms with van der Waals surface area (Å²) < 4.78 is 41.7. The Hall–Kier alpha value is -2.03. The predicted octanol–water partition coefficient (Wildman–Crippen LogP) is 5.71. The van der Waals surface area contributed by atoms with Crippen molar-refractivity contribution >= 4 is 44.5 Å². The lowest BCUT2D eigenvalue weighted by atomic mass is 9.87. The van der Waals surface area contributed by atoms with Gasteiger partial charge in [-0.3, -0.25) is 0 Å². The SMILES string of the molecule is COC(=O)c1cc(F)c2nc(Cc3cc(F)c(Br)cc3Cl)n(C3COCC3(C)C)c2c1. The monoisotopic (exact) mass is 512 g/mol. The van der Waals surface area contributed by atoms with Crippen molar-refractivity contribution in [1.29, 1.82) is 0 Å². The molecule has 0 aliphatic carbocycles. The Morgan fingerprint density at radius 1 is 1.32 bits per heavy atom. The number of hydrogen-bond donors (Lipinski definition) is 0. The van der Waals surface area contributed by atoms with Crippen LogP contribution in [-0.4, -0.2) is 35.8 Å². The van der Waals surface area contributed by atoms with Crippen LogP contribution in [0.4, 0.5) is 8.78 Å². The average molecular weight is 514 g/mol. The number of hydrogen-bond acceptors (Lipinski definition) is 4. The Morgan fingerprint density at radius 2 is 2.06 bits per heavy atom. The molecule has 0 N–H and O–H groups in total. The Morgan fingerprint density at radius 3 is 2.71 bits per heavy atom. The summed E-state index contributed by atoms with van der Waals surface area (Å²) in [6, 6.07) is 5.33. The summed E-state index contributed by atoms with van der Waals surface area (Å²) >= 11 is 9.47. The highest BCUT2D eigenvalue weighted by Gasteiger charge is 2.39. The highest BCUT2D eigenvalue weighted by molar-refractivity contribution is 9.10. The van der Waals surface area contributed by atoms with Crippen LogP contribution in [0.5, 0.6) is 0 Å². The molecule has 1 saturated heterocycles. The fraction of sp³-hybridized carbons (Fsp3) is 0.364. The van der Waals surface area contributed by atoms with Crippen molar-refractivity contribution in [3.63, 3.8) is 0 Å². The van der Waals surface area contributed by atoms with Gasteiger partial charge in [-0.1, -0.05) is 25.4 Å². The molecule has 1 atom stereocenters. The van der Waals surface area contributed by atoms with Gasteiger partial charge in [0.15, 0.2) is 5.82 Å². The molecule has 0 amide bonds. The molecule has 0 saturated carbocycles. The number of ether oxygens (including phenoxy) is 2. The third-order valence-corrected chi connectivity index (χ3v) is 6.60. The number of benzene rings is 2. The maximum absolute atomic E-state index is 14.9. The molecular weight excluding hydrogens is 494 g/mol. The van der Waals surface area contributed by atoms with Crippen molar-refractivity contribution in [2.24, 2.45) is 5.41 Å². The average Bonchev–Trinajstić information content (AvgIpc) is 3.24. The third kappa shape index (κ3) is 3.97. The largest absolute Gasteiger partial charge is 0.465 e. The standard InChI is InChI=1S/C22H20BrClF2N2O3/c1-22(2)10-31-9-18(22)28-17-6-12(21(29)30-3)5-16(26)20(17)27-19(28)7-11-4-15(25)13(23)8-14(11)24/h4-6,8,18H,7,9-10H2,1-3H3. The molecular formula is C22H20BrClF2N2O3. The van der Waals surface area contributed by atoms with E-state index >= 15 is 0 Å². The van der Waals surface area contributed by atoms with Gasteiger partial charge in [0.1, 0.15) is 17.2 Å². The summed E-state index contributed by atoms with van der Waals surface area (Å²) in [5, 5.41) is 0.365. The van der Waals surface area contributed by atoms with Crippen molar-refractivity contribution < 1.29 is 23.0 Å². The first-order valence-corrected chi connectivity index (χ1v) is 10.8. The molecule has 4 rings (SSSR count). The number of methoxy groups -OCH3 is 1. The summed E-state index contributed by atoms with van der Waals surface area (Å²) in [7, 11) is 1.24. The van der Waals surface area contributed by atoms with E-state index in [0.717, 1.165) is 6.07 Å². The van der Waals surface area contributed by atoms with Crippen LogP contribution >= 0.6 is 27.5 Å². The number of aromatic nitrogens is 2. The van der Waals surface area contributed by atoms with E-state index in [1.54, 1.807) is 6.07 Å². The van der Waals surface area contributed by atoms with E-state index in [2.05, 4.69) is 20.9 Å². The molecule has 0 spiro atoms. The molecule has 31 heavy (non-hydrogen) atoms. The maximum atomic E-state index is 14.9. The van der Waals surface area contributed by atoms with Gasteiger partial charge in [0.05, 0.1) is 41.9 Å². The van der Waals surface area contributed by atoms with E-state index in [4.69, 9.17) is 21.1 Å². The van der Waals surface area contributed by atoms with E-state index in [-0.39, 0.29) is 33.4 Å². The second-order valence-electron chi connectivity index (χ2n) is 8.27. The van der Waals surface area contributed by atoms with Crippen molar-refractivity contribution in [2.75, 3.05) is 20.3 Å². The fourth-order valence-electron chi connectivity index (χ4n) is 3.96. The zero-order valence-corrected chi connectivity index (χ0v) is 19.5. The van der Waals surface area contributed by atoms with Crippen molar-refractivity contribution in [1.82, 2.24) is 9.55 Å². The van der Waals surface area contributed by atoms with Gasteiger partial charge in [0, 0.05) is 16.9 Å². The molecule has 1 aliphatic heterocycles. The quantitative estimate of drug-likeness (QED) is 0.331. The van der Waals surface area contributed by atoms with Gasteiger partial charge in [-0.15, -0.1) is 0 Å². The minimum Gasteiger partial charge on any atom is -0.465 e. The number of nitrogens with zero attached hydrogens (tertiary/aromatic N) is 2. The number of imidazole rings is 1. The summed E-state index contributed by atoms with van der Waals surface area (Å²) in [5.41, 5.74) is 0.912. The van der Waals surface area contributed by atoms with Crippen molar-refractivity contribution in [2.45, 2.75) is 26.3 Å². The highest BCUT2D eigenvalue weighted by Crippen LogP contribution is 2.41. The number of fused-ring (bicyclic) bond motifs is 1. The molecule has 1 fully saturated rings. The molecule has 3 aromatic rings. The first-order chi connectivity index (χ1) is 14.6. The lowest BCUT2D eigenvalue weighted by Crippen LogP contribution is -2.27. The Balaban J connectivity index is 1.94. The highest BCUT2D eigenvalue weighted by atomic mass is 79.9. The number of rotatable bonds is 4. The van der Waals surface area contributed by atoms with Gasteiger partial charge in [0.25, 0.3) is 0 Å². The van der Waals surface area contributed by atoms with E-state index in [0.29, 0.717) is 35.1 Å². The van der Waals surface area contributed by atoms with Crippen molar-refractivity contribution in [3.8, 4) is 0 Å². The van der Waals surface area contributed by atoms with Gasteiger partial charge >= 0.3 is 5.97 Å². The summed E-state index contributed by atoms with van der Waals surface area (Å²) in [4.78, 5) is 16.6. The van der Waals surface area contributed by atoms with Crippen LogP contribution in [0.3, 0.4) is 0 Å². The molecule has 2 heterocycles. The Kier molecular flexibility index (Phi) is 5.83. The van der Waals surface area contributed by atoms with Gasteiger partial charge in [-0.25, -0.2) is 18.6 Å². The van der Waals surface area contributed by atoms with E-state index in [1.165, 1.54) is 19.2 Å². The van der Waals surface area contributed by atoms with E-state index in [1.807, 2.05) is 18.4 Å². The third-order valence-electron chi connectivity index (χ3n) is 5.64. The predicted molar refractivity (Wildman–Crippen MR) is 117 cm³/mol. The zero-order chi connectivity index (χ0) is 22.5. The molecule has 0 radical (unpaired) electrons. The molecule has 2 aromatic carbocycles. The smallest absolute Gasteiger partial charge is 0.338 e. The van der Waals surface area contributed by atoms with Crippen LogP contribution in [0.1, 0.15) is 41.6 Å². The lowest BCUT2D eigenvalue weighted by Gasteiger charge is -2.28. The lowest BCUT2D eigenvalue weighted by molar-refractivity contribution is 0.0600. The van der Waals surface area contributed by atoms with Crippen LogP contribution in [0, 0.1) is 17.0 Å². The minimum absolute atomic E-state index is 0.0876. The van der Waals surface area contributed by atoms with Gasteiger partial charge in [-0.05, 0) is 45.8 Å². The first kappa shape index (κ1) is 22.2. The van der Waals surface area contributed by atoms with Crippen LogP contribution < -0.4 is 0 Å². The van der Waals surface area contributed by atoms with Gasteiger partial charge < -0.3 is 14.0 Å². The van der Waals surface area contributed by atoms with Crippen molar-refractivity contribution in [3.05, 3.63) is 62.3 Å². The molecule has 164 valence electrons. The first-order valence-electron chi connectivity index (χ1n) is 9.62. The van der Waals surface area contributed by atoms with E-state index < -0.39 is 17.6 Å². The zero-order valence-electron chi connectivity index (χ0n) is 17.1. The minimum atomic E-state index is -0.643. The van der Waals surface area contributed by atoms with Gasteiger partial charge in [-0.2, -0.15) is 0 Å². The number of esters is 1. The normalized spacial score (nSPS) is 18.0. The molecule has 0 bridgehead atoms. The number of carbonyl (C=O) groups excluding carboxylic acids is 1. The summed E-state index contributed by atoms with van der Waals surface area (Å²) in [6.45, 7) is 5.02. The molecule has 9 heteroatoms. The van der Waals surface area contributed by atoms with Crippen LogP contribution in [0.15, 0.2) is 28.7 Å². The summed E-state index contributed by atoms with van der Waals surface area (Å²) in [5.74, 6) is -1.23. The number of halogens is 4. The van der Waals surface area contributed by atoms with Crippen LogP contribution in [-0.2, 0) is 15.9 Å². The Labute approximate surface area is 191 Å². The van der Waals surface area contributed by atoms with Gasteiger partial charge in [0.2, 0.25) is 0 Å². The summed E-state index contributed by atoms with van der Waals surface area (Å²) in [6.07, 6.45) is 0.178. The van der Waals surface area contributed by atoms with Crippen LogP contribution in [0.2, 0.25) is 5.02 Å². The molecule has 5 nitrogen and oxygen atoms in total. The topological polar surface area (TPSA) is 53.3 Å². The number of carbonyl (C=O) groups is 1. The maximum Gasteiger partial charge on any atom is 0.338 e. The van der Waals surface area contributed by atoms with Crippen LogP contribution in [0.25, 0.3) is 11.0 Å². The van der Waals surface area contributed by atoms with E-state index in [9.17, 15) is 13.6 Å². The molecule has 1 aliphatic rings. The second-order valence-corrected chi connectivity index (χ2v) is 9.53. The Bertz CT molecular complexity index is 1200. The second kappa shape index (κ2) is 8.15. The molecule has 1 unspecified atom stereocenters.